The molecule has 0 saturated heterocycles. The van der Waals surface area contributed by atoms with Crippen LogP contribution in [0, 0.1) is 0 Å². The molecule has 32 heavy (non-hydrogen) atoms. The average Bonchev–Trinajstić information content (AvgIpc) is 3.33. The fourth-order valence-corrected chi connectivity index (χ4v) is 3.68. The maximum atomic E-state index is 12.9. The molecule has 1 aromatic heterocycles. The van der Waals surface area contributed by atoms with Gasteiger partial charge >= 0.3 is 0 Å². The Labute approximate surface area is 183 Å². The van der Waals surface area contributed by atoms with Crippen molar-refractivity contribution in [3.05, 3.63) is 77.6 Å². The number of hydrazone groups is 1. The molecule has 4 rings (SSSR count). The van der Waals surface area contributed by atoms with Gasteiger partial charge in [-0.15, -0.1) is 0 Å². The molecule has 10 heteroatoms. The molecule has 2 aromatic carbocycles. The van der Waals surface area contributed by atoms with E-state index in [0.29, 0.717) is 34.1 Å². The number of hydrogen-bond acceptors (Lipinski definition) is 6. The van der Waals surface area contributed by atoms with Crippen molar-refractivity contribution in [2.75, 3.05) is 5.01 Å². The van der Waals surface area contributed by atoms with Gasteiger partial charge in [-0.05, 0) is 61.5 Å². The molecule has 0 radical (unpaired) electrons. The largest absolute Gasteiger partial charge is 0.457 e. The van der Waals surface area contributed by atoms with Crippen LogP contribution in [0.5, 0.6) is 0 Å². The monoisotopic (exact) mass is 450 g/mol. The van der Waals surface area contributed by atoms with Gasteiger partial charge in [0.05, 0.1) is 21.9 Å². The summed E-state index contributed by atoms with van der Waals surface area (Å²) >= 11 is 0. The Hall–Kier alpha value is -4.02. The van der Waals surface area contributed by atoms with Crippen molar-refractivity contribution in [3.8, 4) is 11.3 Å². The Morgan fingerprint density at radius 3 is 2.28 bits per heavy atom. The van der Waals surface area contributed by atoms with Gasteiger partial charge in [0, 0.05) is 11.1 Å². The normalized spacial score (nSPS) is 15.3. The number of carbonyl (C=O) groups excluding carboxylic acids is 2. The summed E-state index contributed by atoms with van der Waals surface area (Å²) in [7, 11) is -3.83. The maximum absolute atomic E-state index is 12.9. The van der Waals surface area contributed by atoms with E-state index in [2.05, 4.69) is 5.10 Å². The molecule has 1 aliphatic heterocycles. The molecule has 3 aromatic rings. The van der Waals surface area contributed by atoms with Crippen LogP contribution in [0.25, 0.3) is 17.4 Å². The third-order valence-corrected chi connectivity index (χ3v) is 5.77. The van der Waals surface area contributed by atoms with E-state index in [1.165, 1.54) is 29.3 Å². The van der Waals surface area contributed by atoms with E-state index in [9.17, 15) is 18.0 Å². The number of furan rings is 1. The zero-order valence-corrected chi connectivity index (χ0v) is 17.7. The SMILES string of the molecule is CC1=NN(c2ccc(S(N)(=O)=O)cc2)C(=O)/C1=C\c1ccc(-c2ccc(C(N)=O)cc2)o1. The van der Waals surface area contributed by atoms with Gasteiger partial charge in [-0.3, -0.25) is 9.59 Å². The summed E-state index contributed by atoms with van der Waals surface area (Å²) in [4.78, 5) is 24.0. The summed E-state index contributed by atoms with van der Waals surface area (Å²) in [6.07, 6.45) is 1.58. The number of primary amides is 1. The number of benzene rings is 2. The molecule has 9 nitrogen and oxygen atoms in total. The average molecular weight is 450 g/mol. The van der Waals surface area contributed by atoms with E-state index < -0.39 is 15.9 Å². The molecule has 1 aliphatic rings. The minimum absolute atomic E-state index is 0.0589. The topological polar surface area (TPSA) is 149 Å². The first-order valence-electron chi connectivity index (χ1n) is 9.38. The number of sulfonamides is 1. The first-order chi connectivity index (χ1) is 15.1. The minimum Gasteiger partial charge on any atom is -0.457 e. The van der Waals surface area contributed by atoms with Gasteiger partial charge in [0.15, 0.2) is 0 Å². The lowest BCUT2D eigenvalue weighted by Crippen LogP contribution is -2.21. The lowest BCUT2D eigenvalue weighted by molar-refractivity contribution is -0.114. The van der Waals surface area contributed by atoms with Crippen molar-refractivity contribution in [3.63, 3.8) is 0 Å². The molecule has 0 atom stereocenters. The number of nitrogens with zero attached hydrogens (tertiary/aromatic N) is 2. The Bertz CT molecular complexity index is 1380. The van der Waals surface area contributed by atoms with Crippen LogP contribution in [-0.4, -0.2) is 25.9 Å². The number of amides is 2. The van der Waals surface area contributed by atoms with Crippen molar-refractivity contribution in [2.45, 2.75) is 11.8 Å². The molecule has 0 unspecified atom stereocenters. The van der Waals surface area contributed by atoms with Crippen molar-refractivity contribution < 1.29 is 22.4 Å². The Kier molecular flexibility index (Phi) is 5.25. The van der Waals surface area contributed by atoms with Crippen LogP contribution in [0.4, 0.5) is 5.69 Å². The van der Waals surface area contributed by atoms with Gasteiger partial charge in [-0.2, -0.15) is 10.1 Å². The predicted molar refractivity (Wildman–Crippen MR) is 119 cm³/mol. The molecule has 162 valence electrons. The first kappa shape index (κ1) is 21.2. The summed E-state index contributed by atoms with van der Waals surface area (Å²) in [6.45, 7) is 1.69. The maximum Gasteiger partial charge on any atom is 0.280 e. The number of rotatable bonds is 5. The first-order valence-corrected chi connectivity index (χ1v) is 10.9. The highest BCUT2D eigenvalue weighted by molar-refractivity contribution is 7.89. The predicted octanol–water partition coefficient (Wildman–Crippen LogP) is 2.50. The highest BCUT2D eigenvalue weighted by Crippen LogP contribution is 2.28. The van der Waals surface area contributed by atoms with E-state index in [4.69, 9.17) is 15.3 Å². The molecule has 2 amide bonds. The molecule has 0 spiro atoms. The van der Waals surface area contributed by atoms with Crippen LogP contribution in [0.1, 0.15) is 23.0 Å². The number of hydrogen-bond donors (Lipinski definition) is 2. The number of anilines is 1. The van der Waals surface area contributed by atoms with Gasteiger partial charge in [0.2, 0.25) is 15.9 Å². The Morgan fingerprint density at radius 2 is 1.69 bits per heavy atom. The second-order valence-corrected chi connectivity index (χ2v) is 8.60. The lowest BCUT2D eigenvalue weighted by Gasteiger charge is -2.11. The van der Waals surface area contributed by atoms with E-state index in [1.54, 1.807) is 49.4 Å². The van der Waals surface area contributed by atoms with Crippen LogP contribution in [-0.2, 0) is 14.8 Å². The molecular formula is C22H18N4O5S. The Morgan fingerprint density at radius 1 is 1.03 bits per heavy atom. The number of carbonyl (C=O) groups is 2. The van der Waals surface area contributed by atoms with Gasteiger partial charge in [-0.1, -0.05) is 12.1 Å². The smallest absolute Gasteiger partial charge is 0.280 e. The van der Waals surface area contributed by atoms with E-state index >= 15 is 0 Å². The lowest BCUT2D eigenvalue weighted by atomic mass is 10.1. The molecule has 0 bridgehead atoms. The van der Waals surface area contributed by atoms with Gasteiger partial charge in [0.1, 0.15) is 11.5 Å². The molecular weight excluding hydrogens is 432 g/mol. The van der Waals surface area contributed by atoms with Crippen molar-refractivity contribution in [2.24, 2.45) is 16.0 Å². The molecule has 0 aliphatic carbocycles. The number of nitrogens with two attached hydrogens (primary N) is 2. The van der Waals surface area contributed by atoms with Crippen LogP contribution < -0.4 is 15.9 Å². The van der Waals surface area contributed by atoms with Gasteiger partial charge in [0.25, 0.3) is 5.91 Å². The van der Waals surface area contributed by atoms with Crippen molar-refractivity contribution in [1.29, 1.82) is 0 Å². The summed E-state index contributed by atoms with van der Waals surface area (Å²) in [5, 5.41) is 10.6. The van der Waals surface area contributed by atoms with Crippen LogP contribution >= 0.6 is 0 Å². The molecule has 4 N–H and O–H groups in total. The summed E-state index contributed by atoms with van der Waals surface area (Å²) in [5.74, 6) is 0.112. The standard InChI is InChI=1S/C22H18N4O5S/c1-13-19(22(28)26(25-13)16-6-9-18(10-7-16)32(24,29)30)12-17-8-11-20(31-17)14-2-4-15(5-3-14)21(23)27/h2-12H,1H3,(H2,23,27)(H2,24,29,30)/b19-12-. The molecule has 0 fully saturated rings. The fraction of sp³-hybridized carbons (Fsp3) is 0.0455. The molecule has 2 heterocycles. The zero-order chi connectivity index (χ0) is 23.0. The van der Waals surface area contributed by atoms with E-state index in [-0.39, 0.29) is 10.8 Å². The summed E-state index contributed by atoms with van der Waals surface area (Å²) < 4.78 is 28.7. The van der Waals surface area contributed by atoms with Gasteiger partial charge in [-0.25, -0.2) is 13.6 Å². The third kappa shape index (κ3) is 4.09. The van der Waals surface area contributed by atoms with Crippen molar-refractivity contribution in [1.82, 2.24) is 0 Å². The highest BCUT2D eigenvalue weighted by atomic mass is 32.2. The second kappa shape index (κ2) is 7.91. The van der Waals surface area contributed by atoms with Crippen LogP contribution in [0.15, 0.2) is 80.7 Å². The number of primary sulfonamides is 1. The van der Waals surface area contributed by atoms with E-state index in [1.807, 2.05) is 0 Å². The van der Waals surface area contributed by atoms with Gasteiger partial charge < -0.3 is 10.2 Å². The fourth-order valence-electron chi connectivity index (χ4n) is 3.16. The molecule has 0 saturated carbocycles. The summed E-state index contributed by atoms with van der Waals surface area (Å²) in [6, 6.07) is 15.7. The summed E-state index contributed by atoms with van der Waals surface area (Å²) in [5.41, 5.74) is 7.62. The quantitative estimate of drug-likeness (QED) is 0.573. The highest BCUT2D eigenvalue weighted by Gasteiger charge is 2.29. The van der Waals surface area contributed by atoms with Crippen molar-refractivity contribution >= 4 is 39.3 Å². The third-order valence-electron chi connectivity index (χ3n) is 4.84. The minimum atomic E-state index is -3.83. The second-order valence-electron chi connectivity index (χ2n) is 7.04. The zero-order valence-electron chi connectivity index (χ0n) is 16.8. The van der Waals surface area contributed by atoms with Crippen LogP contribution in [0.2, 0.25) is 0 Å². The van der Waals surface area contributed by atoms with E-state index in [0.717, 1.165) is 5.56 Å². The van der Waals surface area contributed by atoms with Crippen LogP contribution in [0.3, 0.4) is 0 Å². The Balaban J connectivity index is 1.57.